The van der Waals surface area contributed by atoms with Gasteiger partial charge in [-0.05, 0) is 37.3 Å². The average Bonchev–Trinajstić information content (AvgIpc) is 2.78. The van der Waals surface area contributed by atoms with Gasteiger partial charge in [-0.2, -0.15) is 26.3 Å². The van der Waals surface area contributed by atoms with Crippen LogP contribution in [-0.2, 0) is 12.0 Å². The molecule has 0 radical (unpaired) electrons. The van der Waals surface area contributed by atoms with Gasteiger partial charge in [-0.25, -0.2) is 4.79 Å². The zero-order chi connectivity index (χ0) is 20.5. The highest BCUT2D eigenvalue weighted by atomic mass is 19.4. The summed E-state index contributed by atoms with van der Waals surface area (Å²) in [7, 11) is 0. The molecular weight excluding hydrogens is 378 g/mol. The van der Waals surface area contributed by atoms with Crippen LogP contribution in [0, 0.1) is 0 Å². The first kappa shape index (κ1) is 21.3. The molecule has 27 heavy (non-hydrogen) atoms. The van der Waals surface area contributed by atoms with E-state index in [9.17, 15) is 36.2 Å². The van der Waals surface area contributed by atoms with Gasteiger partial charge in [0.05, 0.1) is 0 Å². The van der Waals surface area contributed by atoms with E-state index in [2.05, 4.69) is 5.32 Å². The van der Waals surface area contributed by atoms with E-state index in [0.29, 0.717) is 44.5 Å². The molecule has 2 N–H and O–H groups in total. The molecule has 2 rings (SSSR count). The second kappa shape index (κ2) is 7.57. The molecule has 0 spiro atoms. The van der Waals surface area contributed by atoms with Crippen LogP contribution in [0.3, 0.4) is 0 Å². The van der Waals surface area contributed by atoms with Crippen molar-refractivity contribution in [3.8, 4) is 0 Å². The molecule has 0 fully saturated rings. The first-order valence-corrected chi connectivity index (χ1v) is 8.48. The molecule has 0 atom stereocenters. The number of urea groups is 1. The van der Waals surface area contributed by atoms with Gasteiger partial charge in [0.15, 0.2) is 0 Å². The Morgan fingerprint density at radius 2 is 1.78 bits per heavy atom. The predicted octanol–water partition coefficient (Wildman–Crippen LogP) is 4.26. The lowest BCUT2D eigenvalue weighted by Crippen LogP contribution is -2.54. The summed E-state index contributed by atoms with van der Waals surface area (Å²) in [5.74, 6) is 0. The molecule has 1 aliphatic rings. The van der Waals surface area contributed by atoms with E-state index in [1.54, 1.807) is 0 Å². The molecule has 1 aromatic carbocycles. The van der Waals surface area contributed by atoms with Crippen LogP contribution in [0.5, 0.6) is 0 Å². The highest BCUT2D eigenvalue weighted by molar-refractivity contribution is 5.93. The molecule has 0 aliphatic carbocycles. The molecule has 2 amide bonds. The Labute approximate surface area is 152 Å². The lowest BCUT2D eigenvalue weighted by Gasteiger charge is -2.33. The Balaban J connectivity index is 2.51. The first-order valence-electron chi connectivity index (χ1n) is 8.48. The Morgan fingerprint density at radius 1 is 1.15 bits per heavy atom. The summed E-state index contributed by atoms with van der Waals surface area (Å²) in [4.78, 5) is 13.6. The highest BCUT2D eigenvalue weighted by Crippen LogP contribution is 2.50. The van der Waals surface area contributed by atoms with Crippen LogP contribution >= 0.6 is 0 Å². The number of nitrogens with one attached hydrogen (secondary N) is 1. The number of benzene rings is 1. The number of hydrogen-bond donors (Lipinski definition) is 2. The molecule has 1 aromatic rings. The molecule has 0 aromatic heterocycles. The standard InChI is InChI=1S/C17H20F6N2O2/c1-2-8-24-14(26)25-9-4-3-5-11-10-12(6-7-13(11)25)15(27,16(18,19)20)17(21,22)23/h6-7,10,27H,2-5,8-9H2,1H3,(H,24,26). The van der Waals surface area contributed by atoms with Crippen LogP contribution < -0.4 is 10.2 Å². The summed E-state index contributed by atoms with van der Waals surface area (Å²) in [6, 6.07) is 1.84. The van der Waals surface area contributed by atoms with E-state index in [4.69, 9.17) is 0 Å². The number of halogens is 6. The molecule has 0 unspecified atom stereocenters. The van der Waals surface area contributed by atoms with Gasteiger partial charge in [-0.1, -0.05) is 19.1 Å². The van der Waals surface area contributed by atoms with Gasteiger partial charge in [-0.3, -0.25) is 4.90 Å². The van der Waals surface area contributed by atoms with E-state index in [0.717, 1.165) is 6.07 Å². The van der Waals surface area contributed by atoms with E-state index >= 15 is 0 Å². The van der Waals surface area contributed by atoms with Crippen LogP contribution in [0.1, 0.15) is 37.3 Å². The van der Waals surface area contributed by atoms with Crippen molar-refractivity contribution in [2.45, 2.75) is 50.6 Å². The third-order valence-electron chi connectivity index (χ3n) is 4.46. The minimum absolute atomic E-state index is 0.156. The summed E-state index contributed by atoms with van der Waals surface area (Å²) in [5, 5.41) is 12.2. The largest absolute Gasteiger partial charge is 0.430 e. The molecule has 0 bridgehead atoms. The summed E-state index contributed by atoms with van der Waals surface area (Å²) < 4.78 is 78.6. The molecule has 0 saturated heterocycles. The number of carbonyl (C=O) groups is 1. The predicted molar refractivity (Wildman–Crippen MR) is 86.4 cm³/mol. The minimum atomic E-state index is -5.94. The number of aliphatic hydroxyl groups is 1. The zero-order valence-electron chi connectivity index (χ0n) is 14.5. The second-order valence-electron chi connectivity index (χ2n) is 6.39. The first-order chi connectivity index (χ1) is 12.4. The molecular formula is C17H20F6N2O2. The van der Waals surface area contributed by atoms with Crippen molar-refractivity contribution in [2.75, 3.05) is 18.0 Å². The van der Waals surface area contributed by atoms with Gasteiger partial charge < -0.3 is 10.4 Å². The van der Waals surface area contributed by atoms with E-state index < -0.39 is 29.5 Å². The van der Waals surface area contributed by atoms with Crippen LogP contribution in [0.25, 0.3) is 0 Å². The number of hydrogen-bond acceptors (Lipinski definition) is 2. The maximum Gasteiger partial charge on any atom is 0.430 e. The van der Waals surface area contributed by atoms with Gasteiger partial charge in [0, 0.05) is 24.3 Å². The van der Waals surface area contributed by atoms with E-state index in [-0.39, 0.29) is 17.7 Å². The number of rotatable bonds is 3. The molecule has 4 nitrogen and oxygen atoms in total. The molecule has 10 heteroatoms. The van der Waals surface area contributed by atoms with Crippen molar-refractivity contribution in [3.63, 3.8) is 0 Å². The average molecular weight is 398 g/mol. The van der Waals surface area contributed by atoms with Crippen molar-refractivity contribution in [1.29, 1.82) is 0 Å². The van der Waals surface area contributed by atoms with Gasteiger partial charge in [-0.15, -0.1) is 0 Å². The quantitative estimate of drug-likeness (QED) is 0.748. The second-order valence-corrected chi connectivity index (χ2v) is 6.39. The summed E-state index contributed by atoms with van der Waals surface area (Å²) in [6.45, 7) is 2.54. The fourth-order valence-corrected chi connectivity index (χ4v) is 3.01. The Bertz CT molecular complexity index is 673. The van der Waals surface area contributed by atoms with Crippen LogP contribution in [0.15, 0.2) is 18.2 Å². The molecule has 0 saturated carbocycles. The number of nitrogens with zero attached hydrogens (tertiary/aromatic N) is 1. The van der Waals surface area contributed by atoms with Crippen molar-refractivity contribution < 1.29 is 36.2 Å². The SMILES string of the molecule is CCCNC(=O)N1CCCCc2cc(C(O)(C(F)(F)F)C(F)(F)F)ccc21. The maximum absolute atomic E-state index is 13.1. The number of alkyl halides is 6. The van der Waals surface area contributed by atoms with Gasteiger partial charge in [0.1, 0.15) is 0 Å². The Hall–Kier alpha value is -1.97. The minimum Gasteiger partial charge on any atom is -0.369 e. The highest BCUT2D eigenvalue weighted by Gasteiger charge is 2.71. The van der Waals surface area contributed by atoms with Gasteiger partial charge in [0.25, 0.3) is 5.60 Å². The number of fused-ring (bicyclic) bond motifs is 1. The third-order valence-corrected chi connectivity index (χ3v) is 4.46. The lowest BCUT2D eigenvalue weighted by molar-refractivity contribution is -0.376. The van der Waals surface area contributed by atoms with Crippen LogP contribution in [-0.4, -0.2) is 36.6 Å². The molecule has 1 aliphatic heterocycles. The Kier molecular flexibility index (Phi) is 5.98. The van der Waals surface area contributed by atoms with Crippen molar-refractivity contribution >= 4 is 11.7 Å². The third kappa shape index (κ3) is 3.99. The van der Waals surface area contributed by atoms with Crippen LogP contribution in [0.2, 0.25) is 0 Å². The van der Waals surface area contributed by atoms with Gasteiger partial charge in [0.2, 0.25) is 0 Å². The fourth-order valence-electron chi connectivity index (χ4n) is 3.01. The van der Waals surface area contributed by atoms with E-state index in [1.807, 2.05) is 6.92 Å². The number of aryl methyl sites for hydroxylation is 1. The summed E-state index contributed by atoms with van der Waals surface area (Å²) in [5.41, 5.74) is -5.88. The van der Waals surface area contributed by atoms with E-state index in [1.165, 1.54) is 4.90 Å². The Morgan fingerprint density at radius 3 is 2.33 bits per heavy atom. The maximum atomic E-state index is 13.1. The number of amides is 2. The molecule has 1 heterocycles. The summed E-state index contributed by atoms with van der Waals surface area (Å²) >= 11 is 0. The number of anilines is 1. The normalized spacial score (nSPS) is 15.9. The van der Waals surface area contributed by atoms with Crippen molar-refractivity contribution in [1.82, 2.24) is 5.32 Å². The number of carbonyl (C=O) groups excluding carboxylic acids is 1. The van der Waals surface area contributed by atoms with Crippen molar-refractivity contribution in [2.24, 2.45) is 0 Å². The molecule has 152 valence electrons. The monoisotopic (exact) mass is 398 g/mol. The topological polar surface area (TPSA) is 52.6 Å². The smallest absolute Gasteiger partial charge is 0.369 e. The summed E-state index contributed by atoms with van der Waals surface area (Å²) in [6.07, 6.45) is -9.97. The lowest BCUT2D eigenvalue weighted by atomic mass is 9.89. The van der Waals surface area contributed by atoms with Gasteiger partial charge >= 0.3 is 18.4 Å². The fraction of sp³-hybridized carbons (Fsp3) is 0.588. The van der Waals surface area contributed by atoms with Crippen molar-refractivity contribution in [3.05, 3.63) is 29.3 Å². The van der Waals surface area contributed by atoms with Crippen LogP contribution in [0.4, 0.5) is 36.8 Å². The zero-order valence-corrected chi connectivity index (χ0v) is 14.5.